The van der Waals surface area contributed by atoms with E-state index < -0.39 is 4.92 Å². The first-order valence-electron chi connectivity index (χ1n) is 6.00. The van der Waals surface area contributed by atoms with E-state index in [0.717, 1.165) is 0 Å². The summed E-state index contributed by atoms with van der Waals surface area (Å²) in [6.07, 6.45) is 0.711. The second-order valence-corrected chi connectivity index (χ2v) is 4.42. The fourth-order valence-corrected chi connectivity index (χ4v) is 1.87. The van der Waals surface area contributed by atoms with Gasteiger partial charge >= 0.3 is 0 Å². The summed E-state index contributed by atoms with van der Waals surface area (Å²) in [6.45, 7) is 3.38. The molecule has 0 aliphatic rings. The number of hydrogen-bond donors (Lipinski definition) is 0. The second-order valence-electron chi connectivity index (χ2n) is 4.42. The molecule has 2 rings (SSSR count). The lowest BCUT2D eigenvalue weighted by atomic mass is 10.1. The SMILES string of the molecule is Cc1cc([N+](=O)[O-])c(C)cc1Oc1ccccc1C=O. The molecular weight excluding hydrogens is 258 g/mol. The highest BCUT2D eigenvalue weighted by molar-refractivity contribution is 5.79. The molecular formula is C15H13NO4. The highest BCUT2D eigenvalue weighted by atomic mass is 16.6. The molecule has 102 valence electrons. The first-order chi connectivity index (χ1) is 9.52. The van der Waals surface area contributed by atoms with Crippen LogP contribution in [-0.2, 0) is 0 Å². The van der Waals surface area contributed by atoms with Crippen LogP contribution in [-0.4, -0.2) is 11.2 Å². The smallest absolute Gasteiger partial charge is 0.272 e. The molecule has 5 heteroatoms. The number of rotatable bonds is 4. The van der Waals surface area contributed by atoms with Crippen molar-refractivity contribution in [2.75, 3.05) is 0 Å². The molecule has 0 amide bonds. The van der Waals surface area contributed by atoms with Crippen molar-refractivity contribution < 1.29 is 14.5 Å². The number of nitro benzene ring substituents is 1. The zero-order chi connectivity index (χ0) is 14.7. The topological polar surface area (TPSA) is 69.4 Å². The predicted molar refractivity (Wildman–Crippen MR) is 74.5 cm³/mol. The molecule has 0 saturated heterocycles. The van der Waals surface area contributed by atoms with Gasteiger partial charge in [0.15, 0.2) is 6.29 Å². The van der Waals surface area contributed by atoms with Crippen LogP contribution >= 0.6 is 0 Å². The zero-order valence-electron chi connectivity index (χ0n) is 11.1. The Balaban J connectivity index is 2.42. The number of hydrogen-bond acceptors (Lipinski definition) is 4. The average molecular weight is 271 g/mol. The third-order valence-corrected chi connectivity index (χ3v) is 2.96. The minimum atomic E-state index is -0.425. The minimum Gasteiger partial charge on any atom is -0.456 e. The fraction of sp³-hybridized carbons (Fsp3) is 0.133. The number of para-hydroxylation sites is 1. The normalized spacial score (nSPS) is 10.1. The van der Waals surface area contributed by atoms with Crippen molar-refractivity contribution in [3.8, 4) is 11.5 Å². The molecule has 5 nitrogen and oxygen atoms in total. The zero-order valence-corrected chi connectivity index (χ0v) is 11.1. The van der Waals surface area contributed by atoms with Gasteiger partial charge in [0.1, 0.15) is 11.5 Å². The summed E-state index contributed by atoms with van der Waals surface area (Å²) in [6, 6.07) is 9.90. The van der Waals surface area contributed by atoms with Gasteiger partial charge < -0.3 is 4.74 Å². The van der Waals surface area contributed by atoms with Crippen molar-refractivity contribution >= 4 is 12.0 Å². The Labute approximate surface area is 116 Å². The van der Waals surface area contributed by atoms with Crippen LogP contribution in [0.15, 0.2) is 36.4 Å². The molecule has 0 heterocycles. The van der Waals surface area contributed by atoms with Crippen LogP contribution in [0, 0.1) is 24.0 Å². The largest absolute Gasteiger partial charge is 0.456 e. The van der Waals surface area contributed by atoms with E-state index in [1.54, 1.807) is 44.2 Å². The van der Waals surface area contributed by atoms with Crippen LogP contribution in [0.1, 0.15) is 21.5 Å². The number of nitrogens with zero attached hydrogens (tertiary/aromatic N) is 1. The van der Waals surface area contributed by atoms with Gasteiger partial charge in [-0.25, -0.2) is 0 Å². The molecule has 2 aromatic carbocycles. The number of aldehydes is 1. The molecule has 0 aliphatic heterocycles. The number of ether oxygens (including phenoxy) is 1. The van der Waals surface area contributed by atoms with Crippen molar-refractivity contribution in [3.63, 3.8) is 0 Å². The molecule has 0 spiro atoms. The molecule has 2 aromatic rings. The van der Waals surface area contributed by atoms with Gasteiger partial charge in [-0.1, -0.05) is 12.1 Å². The van der Waals surface area contributed by atoms with E-state index >= 15 is 0 Å². The molecule has 0 atom stereocenters. The standard InChI is InChI=1S/C15H13NO4/c1-10-8-15(11(2)7-13(10)16(18)19)20-14-6-4-3-5-12(14)9-17/h3-9H,1-2H3. The Morgan fingerprint density at radius 3 is 2.45 bits per heavy atom. The van der Waals surface area contributed by atoms with Crippen molar-refractivity contribution in [3.05, 3.63) is 63.2 Å². The van der Waals surface area contributed by atoms with Crippen LogP contribution in [0.4, 0.5) is 5.69 Å². The molecule has 20 heavy (non-hydrogen) atoms. The van der Waals surface area contributed by atoms with Gasteiger partial charge in [-0.15, -0.1) is 0 Å². The first-order valence-corrected chi connectivity index (χ1v) is 6.00. The quantitative estimate of drug-likeness (QED) is 0.481. The van der Waals surface area contributed by atoms with Crippen molar-refractivity contribution in [1.82, 2.24) is 0 Å². The van der Waals surface area contributed by atoms with Crippen molar-refractivity contribution in [2.45, 2.75) is 13.8 Å². The van der Waals surface area contributed by atoms with Crippen LogP contribution in [0.5, 0.6) is 11.5 Å². The summed E-state index contributed by atoms with van der Waals surface area (Å²) in [5.74, 6) is 0.932. The number of benzene rings is 2. The van der Waals surface area contributed by atoms with Gasteiger partial charge in [0, 0.05) is 11.6 Å². The lowest BCUT2D eigenvalue weighted by molar-refractivity contribution is -0.385. The average Bonchev–Trinajstić information content (AvgIpc) is 2.42. The second kappa shape index (κ2) is 5.52. The minimum absolute atomic E-state index is 0.0542. The third-order valence-electron chi connectivity index (χ3n) is 2.96. The van der Waals surface area contributed by atoms with E-state index in [-0.39, 0.29) is 5.69 Å². The van der Waals surface area contributed by atoms with Crippen LogP contribution in [0.3, 0.4) is 0 Å². The molecule has 0 N–H and O–H groups in total. The number of aryl methyl sites for hydroxylation is 2. The summed E-state index contributed by atoms with van der Waals surface area (Å²) >= 11 is 0. The van der Waals surface area contributed by atoms with E-state index in [2.05, 4.69) is 0 Å². The molecule has 0 unspecified atom stereocenters. The van der Waals surface area contributed by atoms with Crippen molar-refractivity contribution in [1.29, 1.82) is 0 Å². The third kappa shape index (κ3) is 2.66. The maximum atomic E-state index is 10.9. The maximum absolute atomic E-state index is 10.9. The summed E-state index contributed by atoms with van der Waals surface area (Å²) < 4.78 is 5.69. The maximum Gasteiger partial charge on any atom is 0.272 e. The number of carbonyl (C=O) groups is 1. The molecule has 0 radical (unpaired) electrons. The Hall–Kier alpha value is -2.69. The lowest BCUT2D eigenvalue weighted by Gasteiger charge is -2.11. The Morgan fingerprint density at radius 2 is 1.80 bits per heavy atom. The van der Waals surface area contributed by atoms with E-state index in [1.807, 2.05) is 0 Å². The first kappa shape index (κ1) is 13.7. The van der Waals surface area contributed by atoms with E-state index in [4.69, 9.17) is 4.74 Å². The Bertz CT molecular complexity index is 680. The molecule has 0 saturated carbocycles. The number of nitro groups is 1. The van der Waals surface area contributed by atoms with Gasteiger partial charge in [0.2, 0.25) is 0 Å². The van der Waals surface area contributed by atoms with Crippen molar-refractivity contribution in [2.24, 2.45) is 0 Å². The monoisotopic (exact) mass is 271 g/mol. The van der Waals surface area contributed by atoms with Crippen LogP contribution in [0.2, 0.25) is 0 Å². The lowest BCUT2D eigenvalue weighted by Crippen LogP contribution is -1.96. The number of carbonyl (C=O) groups excluding carboxylic acids is 1. The highest BCUT2D eigenvalue weighted by Gasteiger charge is 2.15. The highest BCUT2D eigenvalue weighted by Crippen LogP contribution is 2.32. The fourth-order valence-electron chi connectivity index (χ4n) is 1.87. The van der Waals surface area contributed by atoms with Gasteiger partial charge in [0.25, 0.3) is 5.69 Å². The summed E-state index contributed by atoms with van der Waals surface area (Å²) in [5.41, 5.74) is 1.64. The molecule has 0 bridgehead atoms. The Morgan fingerprint density at radius 1 is 1.10 bits per heavy atom. The summed E-state index contributed by atoms with van der Waals surface area (Å²) in [4.78, 5) is 21.4. The summed E-state index contributed by atoms with van der Waals surface area (Å²) in [5, 5.41) is 10.9. The summed E-state index contributed by atoms with van der Waals surface area (Å²) in [7, 11) is 0. The molecule has 0 aliphatic carbocycles. The van der Waals surface area contributed by atoms with E-state index in [1.165, 1.54) is 6.07 Å². The van der Waals surface area contributed by atoms with Gasteiger partial charge in [-0.05, 0) is 37.6 Å². The van der Waals surface area contributed by atoms with Gasteiger partial charge in [-0.3, -0.25) is 14.9 Å². The van der Waals surface area contributed by atoms with Gasteiger partial charge in [-0.2, -0.15) is 0 Å². The Kier molecular flexibility index (Phi) is 3.79. The predicted octanol–water partition coefficient (Wildman–Crippen LogP) is 3.82. The molecule has 0 aromatic heterocycles. The van der Waals surface area contributed by atoms with Crippen LogP contribution < -0.4 is 4.74 Å². The van der Waals surface area contributed by atoms with Crippen LogP contribution in [0.25, 0.3) is 0 Å². The van der Waals surface area contributed by atoms with E-state index in [0.29, 0.717) is 34.5 Å². The van der Waals surface area contributed by atoms with Gasteiger partial charge in [0.05, 0.1) is 10.5 Å². The molecule has 0 fully saturated rings. The van der Waals surface area contributed by atoms with E-state index in [9.17, 15) is 14.9 Å².